The molecule has 0 aliphatic heterocycles. The highest BCUT2D eigenvalue weighted by atomic mass is 79.9. The van der Waals surface area contributed by atoms with Crippen LogP contribution in [0.5, 0.6) is 0 Å². The summed E-state index contributed by atoms with van der Waals surface area (Å²) in [6, 6.07) is 6.71. The maximum Gasteiger partial charge on any atom is 0.272 e. The zero-order valence-corrected chi connectivity index (χ0v) is 13.5. The first-order chi connectivity index (χ1) is 9.54. The van der Waals surface area contributed by atoms with E-state index in [1.165, 1.54) is 6.07 Å². The van der Waals surface area contributed by atoms with Gasteiger partial charge >= 0.3 is 0 Å². The molecule has 1 saturated carbocycles. The Kier molecular flexibility index (Phi) is 3.69. The Morgan fingerprint density at radius 1 is 1.30 bits per heavy atom. The van der Waals surface area contributed by atoms with E-state index >= 15 is 0 Å². The molecule has 3 nitrogen and oxygen atoms in total. The highest BCUT2D eigenvalue weighted by Gasteiger charge is 2.27. The van der Waals surface area contributed by atoms with Crippen LogP contribution in [-0.2, 0) is 0 Å². The fraction of sp³-hybridized carbons (Fsp3) is 0.214. The van der Waals surface area contributed by atoms with Gasteiger partial charge in [-0.3, -0.25) is 4.79 Å². The van der Waals surface area contributed by atoms with E-state index in [0.717, 1.165) is 17.3 Å². The van der Waals surface area contributed by atoms with Crippen LogP contribution in [0.3, 0.4) is 0 Å². The monoisotopic (exact) mass is 400 g/mol. The molecule has 0 radical (unpaired) electrons. The van der Waals surface area contributed by atoms with Gasteiger partial charge in [-0.2, -0.15) is 0 Å². The average molecular weight is 402 g/mol. The predicted octanol–water partition coefficient (Wildman–Crippen LogP) is 4.74. The number of benzene rings is 1. The van der Waals surface area contributed by atoms with E-state index in [1.807, 2.05) is 10.8 Å². The van der Waals surface area contributed by atoms with Crippen molar-refractivity contribution >= 4 is 43.5 Å². The summed E-state index contributed by atoms with van der Waals surface area (Å²) >= 11 is 6.47. The molecule has 1 amide bonds. The van der Waals surface area contributed by atoms with Crippen molar-refractivity contribution in [1.82, 2.24) is 4.57 Å². The first-order valence-corrected chi connectivity index (χ1v) is 7.77. The first kappa shape index (κ1) is 13.8. The van der Waals surface area contributed by atoms with Crippen LogP contribution in [0, 0.1) is 5.82 Å². The molecular formula is C14H11Br2FN2O. The zero-order chi connectivity index (χ0) is 14.3. The van der Waals surface area contributed by atoms with Crippen LogP contribution in [0.15, 0.2) is 39.4 Å². The standard InChI is InChI=1S/C14H11Br2FN2O/c15-8-5-13(19(7-8)10-2-3-10)14(20)18-9-1-4-11(16)12(17)6-9/h1,4-7,10H,2-3H2,(H,18,20). The molecule has 2 aromatic rings. The minimum absolute atomic E-state index is 0.232. The number of amides is 1. The summed E-state index contributed by atoms with van der Waals surface area (Å²) in [5, 5.41) is 2.72. The van der Waals surface area contributed by atoms with Crippen molar-refractivity contribution in [1.29, 1.82) is 0 Å². The van der Waals surface area contributed by atoms with Crippen molar-refractivity contribution in [2.45, 2.75) is 18.9 Å². The highest BCUT2D eigenvalue weighted by Crippen LogP contribution is 2.37. The number of carbonyl (C=O) groups excluding carboxylic acids is 1. The van der Waals surface area contributed by atoms with Gasteiger partial charge in [0.2, 0.25) is 0 Å². The largest absolute Gasteiger partial charge is 0.339 e. The van der Waals surface area contributed by atoms with Crippen molar-refractivity contribution < 1.29 is 9.18 Å². The number of hydrogen-bond donors (Lipinski definition) is 1. The molecule has 0 atom stereocenters. The summed E-state index contributed by atoms with van der Waals surface area (Å²) in [6.45, 7) is 0. The molecule has 104 valence electrons. The lowest BCUT2D eigenvalue weighted by Gasteiger charge is -2.09. The predicted molar refractivity (Wildman–Crippen MR) is 82.5 cm³/mol. The maximum atomic E-state index is 13.4. The first-order valence-electron chi connectivity index (χ1n) is 6.18. The van der Waals surface area contributed by atoms with E-state index in [-0.39, 0.29) is 5.91 Å². The molecule has 6 heteroatoms. The summed E-state index contributed by atoms with van der Waals surface area (Å²) in [5.41, 5.74) is 1.03. The molecule has 0 bridgehead atoms. The summed E-state index contributed by atoms with van der Waals surface area (Å²) < 4.78 is 16.7. The number of halogens is 3. The topological polar surface area (TPSA) is 34.0 Å². The Labute approximate surface area is 132 Å². The third kappa shape index (κ3) is 2.81. The van der Waals surface area contributed by atoms with Gasteiger partial charge in [0.25, 0.3) is 5.91 Å². The zero-order valence-electron chi connectivity index (χ0n) is 10.4. The fourth-order valence-corrected chi connectivity index (χ4v) is 2.74. The third-order valence-corrected chi connectivity index (χ3v) is 4.24. The van der Waals surface area contributed by atoms with Gasteiger partial charge in [0.05, 0.1) is 4.47 Å². The number of hydrogen-bond acceptors (Lipinski definition) is 1. The number of carbonyl (C=O) groups is 1. The second-order valence-electron chi connectivity index (χ2n) is 4.77. The SMILES string of the molecule is O=C(Nc1ccc(Br)c(F)c1)c1cc(Br)cn1C1CC1. The molecule has 20 heavy (non-hydrogen) atoms. The number of nitrogens with zero attached hydrogens (tertiary/aromatic N) is 1. The van der Waals surface area contributed by atoms with E-state index in [4.69, 9.17) is 0 Å². The number of nitrogens with one attached hydrogen (secondary N) is 1. The Bertz CT molecular complexity index is 680. The minimum Gasteiger partial charge on any atom is -0.339 e. The van der Waals surface area contributed by atoms with Gasteiger partial charge in [0.1, 0.15) is 11.5 Å². The van der Waals surface area contributed by atoms with Gasteiger partial charge in [0, 0.05) is 22.4 Å². The van der Waals surface area contributed by atoms with Crippen LogP contribution < -0.4 is 5.32 Å². The molecule has 0 unspecified atom stereocenters. The number of anilines is 1. The van der Waals surface area contributed by atoms with Gasteiger partial charge in [-0.1, -0.05) is 0 Å². The van der Waals surface area contributed by atoms with Crippen molar-refractivity contribution in [3.05, 3.63) is 50.9 Å². The van der Waals surface area contributed by atoms with Crippen molar-refractivity contribution in [3.63, 3.8) is 0 Å². The fourth-order valence-electron chi connectivity index (χ4n) is 2.05. The molecule has 0 saturated heterocycles. The minimum atomic E-state index is -0.401. The van der Waals surface area contributed by atoms with E-state index in [2.05, 4.69) is 37.2 Å². The molecule has 1 heterocycles. The number of aromatic nitrogens is 1. The molecule has 0 spiro atoms. The van der Waals surface area contributed by atoms with Crippen LogP contribution in [0.25, 0.3) is 0 Å². The molecule has 1 aliphatic carbocycles. The second-order valence-corrected chi connectivity index (χ2v) is 6.54. The van der Waals surface area contributed by atoms with Gasteiger partial charge < -0.3 is 9.88 Å². The van der Waals surface area contributed by atoms with Crippen LogP contribution in [0.1, 0.15) is 29.4 Å². The van der Waals surface area contributed by atoms with Gasteiger partial charge in [-0.25, -0.2) is 4.39 Å². The van der Waals surface area contributed by atoms with Crippen molar-refractivity contribution in [3.8, 4) is 0 Å². The lowest BCUT2D eigenvalue weighted by Crippen LogP contribution is -2.16. The van der Waals surface area contributed by atoms with E-state index in [9.17, 15) is 9.18 Å². The van der Waals surface area contributed by atoms with Crippen LogP contribution in [-0.4, -0.2) is 10.5 Å². The Morgan fingerprint density at radius 3 is 2.70 bits per heavy atom. The van der Waals surface area contributed by atoms with Gasteiger partial charge in [-0.15, -0.1) is 0 Å². The molecule has 1 fully saturated rings. The van der Waals surface area contributed by atoms with Gasteiger partial charge in [-0.05, 0) is 69.0 Å². The van der Waals surface area contributed by atoms with E-state index in [0.29, 0.717) is 21.9 Å². The van der Waals surface area contributed by atoms with Crippen molar-refractivity contribution in [2.24, 2.45) is 0 Å². The second kappa shape index (κ2) is 5.33. The summed E-state index contributed by atoms with van der Waals surface area (Å²) in [6.07, 6.45) is 4.09. The molecule has 1 aromatic carbocycles. The Morgan fingerprint density at radius 2 is 2.05 bits per heavy atom. The molecule has 1 aromatic heterocycles. The van der Waals surface area contributed by atoms with Crippen LogP contribution in [0.4, 0.5) is 10.1 Å². The average Bonchev–Trinajstić information content (AvgIpc) is 3.17. The van der Waals surface area contributed by atoms with Crippen molar-refractivity contribution in [2.75, 3.05) is 5.32 Å². The molecule has 1 aliphatic rings. The third-order valence-electron chi connectivity index (χ3n) is 3.17. The number of rotatable bonds is 3. The lowest BCUT2D eigenvalue weighted by atomic mass is 10.3. The Balaban J connectivity index is 1.84. The molecule has 3 rings (SSSR count). The van der Waals surface area contributed by atoms with Gasteiger partial charge in [0.15, 0.2) is 0 Å². The summed E-state index contributed by atoms with van der Waals surface area (Å²) in [7, 11) is 0. The molecular weight excluding hydrogens is 391 g/mol. The maximum absolute atomic E-state index is 13.4. The quantitative estimate of drug-likeness (QED) is 0.791. The van der Waals surface area contributed by atoms with E-state index in [1.54, 1.807) is 18.2 Å². The molecule has 1 N–H and O–H groups in total. The van der Waals surface area contributed by atoms with Crippen LogP contribution >= 0.6 is 31.9 Å². The highest BCUT2D eigenvalue weighted by molar-refractivity contribution is 9.10. The van der Waals surface area contributed by atoms with Crippen LogP contribution in [0.2, 0.25) is 0 Å². The summed E-state index contributed by atoms with van der Waals surface area (Å²) in [5.74, 6) is -0.633. The lowest BCUT2D eigenvalue weighted by molar-refractivity contribution is 0.101. The smallest absolute Gasteiger partial charge is 0.272 e. The van der Waals surface area contributed by atoms with E-state index < -0.39 is 5.82 Å². The Hall–Kier alpha value is -1.14. The summed E-state index contributed by atoms with van der Waals surface area (Å²) in [4.78, 5) is 12.3. The normalized spacial score (nSPS) is 14.3.